The normalized spacial score (nSPS) is 11.6. The molecule has 0 saturated carbocycles. The second-order valence-corrected chi connectivity index (χ2v) is 4.21. The molecule has 0 aliphatic carbocycles. The largest absolute Gasteiger partial charge is 0.328 e. The fourth-order valence-electron chi connectivity index (χ4n) is 1.40. The third-order valence-electron chi connectivity index (χ3n) is 2.47. The average molecular weight is 231 g/mol. The summed E-state index contributed by atoms with van der Waals surface area (Å²) < 4.78 is 0. The molecule has 1 aromatic carbocycles. The van der Waals surface area contributed by atoms with Crippen LogP contribution in [0.5, 0.6) is 0 Å². The second kappa shape index (κ2) is 6.02. The number of aryl methyl sites for hydroxylation is 1. The first kappa shape index (κ1) is 13.2. The molecule has 0 bridgehead atoms. The first-order chi connectivity index (χ1) is 8.02. The van der Waals surface area contributed by atoms with Crippen LogP contribution in [0, 0.1) is 18.3 Å². The van der Waals surface area contributed by atoms with Crippen LogP contribution in [0.2, 0.25) is 0 Å². The lowest BCUT2D eigenvalue weighted by molar-refractivity contribution is -0.116. The maximum Gasteiger partial charge on any atom is 0.224 e. The first-order valence-electron chi connectivity index (χ1n) is 5.59. The third kappa shape index (κ3) is 4.25. The molecule has 1 amide bonds. The zero-order chi connectivity index (χ0) is 12.8. The molecule has 4 nitrogen and oxygen atoms in total. The Morgan fingerprint density at radius 3 is 2.88 bits per heavy atom. The van der Waals surface area contributed by atoms with Gasteiger partial charge in [-0.25, -0.2) is 0 Å². The van der Waals surface area contributed by atoms with Gasteiger partial charge in [-0.15, -0.1) is 0 Å². The number of nitrogens with zero attached hydrogens (tertiary/aromatic N) is 1. The number of nitrogens with one attached hydrogen (secondary N) is 1. The Kier molecular flexibility index (Phi) is 4.68. The van der Waals surface area contributed by atoms with Crippen LogP contribution in [0.15, 0.2) is 18.2 Å². The molecule has 0 aromatic heterocycles. The Hall–Kier alpha value is -1.86. The Morgan fingerprint density at radius 2 is 2.29 bits per heavy atom. The van der Waals surface area contributed by atoms with Crippen LogP contribution in [0.3, 0.4) is 0 Å². The van der Waals surface area contributed by atoms with Crippen molar-refractivity contribution < 1.29 is 4.79 Å². The monoisotopic (exact) mass is 231 g/mol. The maximum absolute atomic E-state index is 11.6. The van der Waals surface area contributed by atoms with Gasteiger partial charge < -0.3 is 11.1 Å². The third-order valence-corrected chi connectivity index (χ3v) is 2.47. The highest BCUT2D eigenvalue weighted by Gasteiger charge is 2.06. The molecular formula is C13H17N3O. The van der Waals surface area contributed by atoms with Crippen LogP contribution in [0.25, 0.3) is 0 Å². The molecule has 17 heavy (non-hydrogen) atoms. The zero-order valence-electron chi connectivity index (χ0n) is 10.2. The number of nitriles is 1. The van der Waals surface area contributed by atoms with Crippen molar-refractivity contribution in [3.63, 3.8) is 0 Å². The Labute approximate surface area is 101 Å². The quantitative estimate of drug-likeness (QED) is 0.831. The highest BCUT2D eigenvalue weighted by Crippen LogP contribution is 2.16. The van der Waals surface area contributed by atoms with Crippen LogP contribution >= 0.6 is 0 Å². The maximum atomic E-state index is 11.6. The van der Waals surface area contributed by atoms with Crippen molar-refractivity contribution in [3.8, 4) is 6.07 Å². The van der Waals surface area contributed by atoms with Crippen LogP contribution in [0.1, 0.15) is 30.9 Å². The number of hydrogen-bond acceptors (Lipinski definition) is 3. The van der Waals surface area contributed by atoms with Gasteiger partial charge in [-0.1, -0.05) is 6.07 Å². The number of carbonyl (C=O) groups excluding carboxylic acids is 1. The van der Waals surface area contributed by atoms with E-state index in [-0.39, 0.29) is 11.9 Å². The minimum Gasteiger partial charge on any atom is -0.328 e. The fraction of sp³-hybridized carbons (Fsp3) is 0.385. The molecule has 90 valence electrons. The number of carbonyl (C=O) groups is 1. The van der Waals surface area contributed by atoms with E-state index in [0.717, 1.165) is 5.56 Å². The highest BCUT2D eigenvalue weighted by atomic mass is 16.1. The summed E-state index contributed by atoms with van der Waals surface area (Å²) in [5.41, 5.74) is 7.76. The average Bonchev–Trinajstić information content (AvgIpc) is 2.29. The van der Waals surface area contributed by atoms with Crippen LogP contribution in [-0.2, 0) is 4.79 Å². The van der Waals surface area contributed by atoms with Gasteiger partial charge in [-0.05, 0) is 38.0 Å². The number of hydrogen-bond donors (Lipinski definition) is 2. The van der Waals surface area contributed by atoms with Crippen molar-refractivity contribution in [2.24, 2.45) is 5.73 Å². The minimum atomic E-state index is -0.0690. The molecule has 0 spiro atoms. The molecule has 0 saturated heterocycles. The summed E-state index contributed by atoms with van der Waals surface area (Å²) >= 11 is 0. The highest BCUT2D eigenvalue weighted by molar-refractivity contribution is 5.91. The van der Waals surface area contributed by atoms with E-state index < -0.39 is 0 Å². The predicted molar refractivity (Wildman–Crippen MR) is 67.4 cm³/mol. The Bertz CT molecular complexity index is 446. The summed E-state index contributed by atoms with van der Waals surface area (Å²) in [6.07, 6.45) is 1.05. The van der Waals surface area contributed by atoms with E-state index in [9.17, 15) is 4.79 Å². The molecule has 0 fully saturated rings. The van der Waals surface area contributed by atoms with E-state index in [4.69, 9.17) is 11.0 Å². The van der Waals surface area contributed by atoms with Gasteiger partial charge in [0, 0.05) is 18.2 Å². The lowest BCUT2D eigenvalue weighted by atomic mass is 10.1. The number of benzene rings is 1. The van der Waals surface area contributed by atoms with Crippen molar-refractivity contribution in [2.75, 3.05) is 5.32 Å². The van der Waals surface area contributed by atoms with E-state index >= 15 is 0 Å². The number of nitrogens with two attached hydrogens (primary N) is 1. The molecule has 1 atom stereocenters. The zero-order valence-corrected chi connectivity index (χ0v) is 10.2. The van der Waals surface area contributed by atoms with E-state index in [1.54, 1.807) is 12.1 Å². The van der Waals surface area contributed by atoms with Gasteiger partial charge in [0.1, 0.15) is 0 Å². The molecule has 1 rings (SSSR count). The van der Waals surface area contributed by atoms with Crippen LogP contribution in [-0.4, -0.2) is 11.9 Å². The predicted octanol–water partition coefficient (Wildman–Crippen LogP) is 1.93. The van der Waals surface area contributed by atoms with Crippen LogP contribution in [0.4, 0.5) is 5.69 Å². The summed E-state index contributed by atoms with van der Waals surface area (Å²) in [4.78, 5) is 11.6. The molecule has 1 unspecified atom stereocenters. The van der Waals surface area contributed by atoms with Gasteiger partial charge in [0.2, 0.25) is 5.91 Å². The Morgan fingerprint density at radius 1 is 1.59 bits per heavy atom. The van der Waals surface area contributed by atoms with Crippen molar-refractivity contribution in [1.82, 2.24) is 0 Å². The molecule has 0 aliphatic heterocycles. The van der Waals surface area contributed by atoms with Crippen molar-refractivity contribution in [1.29, 1.82) is 5.26 Å². The number of anilines is 1. The summed E-state index contributed by atoms with van der Waals surface area (Å²) in [6, 6.07) is 7.30. The van der Waals surface area contributed by atoms with E-state index in [0.29, 0.717) is 24.1 Å². The smallest absolute Gasteiger partial charge is 0.224 e. The van der Waals surface area contributed by atoms with Gasteiger partial charge >= 0.3 is 0 Å². The van der Waals surface area contributed by atoms with E-state index in [1.165, 1.54) is 0 Å². The van der Waals surface area contributed by atoms with Gasteiger partial charge in [0.15, 0.2) is 0 Å². The van der Waals surface area contributed by atoms with E-state index in [1.807, 2.05) is 26.0 Å². The Balaban J connectivity index is 2.68. The molecule has 0 radical (unpaired) electrons. The van der Waals surface area contributed by atoms with Crippen molar-refractivity contribution in [2.45, 2.75) is 32.7 Å². The van der Waals surface area contributed by atoms with Gasteiger partial charge in [0.05, 0.1) is 11.6 Å². The lowest BCUT2D eigenvalue weighted by Crippen LogP contribution is -2.19. The number of rotatable bonds is 4. The van der Waals surface area contributed by atoms with Gasteiger partial charge in [-0.3, -0.25) is 4.79 Å². The molecule has 1 aromatic rings. The van der Waals surface area contributed by atoms with E-state index in [2.05, 4.69) is 5.32 Å². The molecular weight excluding hydrogens is 214 g/mol. The molecule has 3 N–H and O–H groups in total. The summed E-state index contributed by atoms with van der Waals surface area (Å²) in [5, 5.41) is 11.6. The van der Waals surface area contributed by atoms with Crippen LogP contribution < -0.4 is 11.1 Å². The van der Waals surface area contributed by atoms with Crippen molar-refractivity contribution >= 4 is 11.6 Å². The lowest BCUT2D eigenvalue weighted by Gasteiger charge is -2.09. The first-order valence-corrected chi connectivity index (χ1v) is 5.59. The standard InChI is InChI=1S/C13H17N3O/c1-9-3-5-11(8-14)7-12(9)16-13(17)6-4-10(2)15/h3,5,7,10H,4,6,15H2,1-2H3,(H,16,17). The summed E-state index contributed by atoms with van der Waals surface area (Å²) in [7, 11) is 0. The summed E-state index contributed by atoms with van der Waals surface area (Å²) in [6.45, 7) is 3.76. The molecule has 4 heteroatoms. The fourth-order valence-corrected chi connectivity index (χ4v) is 1.40. The number of amides is 1. The van der Waals surface area contributed by atoms with Gasteiger partial charge in [-0.2, -0.15) is 5.26 Å². The summed E-state index contributed by atoms with van der Waals surface area (Å²) in [5.74, 6) is -0.0690. The SMILES string of the molecule is Cc1ccc(C#N)cc1NC(=O)CCC(C)N. The topological polar surface area (TPSA) is 78.9 Å². The van der Waals surface area contributed by atoms with Crippen molar-refractivity contribution in [3.05, 3.63) is 29.3 Å². The second-order valence-electron chi connectivity index (χ2n) is 4.21. The van der Waals surface area contributed by atoms with Gasteiger partial charge in [0.25, 0.3) is 0 Å². The minimum absolute atomic E-state index is 0.0206. The molecule has 0 heterocycles. The molecule has 0 aliphatic rings.